The fraction of sp³-hybridized carbons (Fsp3) is 0.647. The number of nitrogens with zero attached hydrogens (tertiary/aromatic N) is 1. The highest BCUT2D eigenvalue weighted by Crippen LogP contribution is 2.45. The third kappa shape index (κ3) is 3.31. The van der Waals surface area contributed by atoms with Crippen LogP contribution >= 0.6 is 22.9 Å². The third-order valence-corrected chi connectivity index (χ3v) is 6.36. The third-order valence-electron chi connectivity index (χ3n) is 4.99. The minimum atomic E-state index is -0.600. The van der Waals surface area contributed by atoms with Gasteiger partial charge in [-0.2, -0.15) is 5.26 Å². The van der Waals surface area contributed by atoms with Gasteiger partial charge in [-0.3, -0.25) is 4.79 Å². The van der Waals surface area contributed by atoms with Crippen molar-refractivity contribution in [3.63, 3.8) is 0 Å². The normalized spacial score (nSPS) is 19.2. The number of hydrogen-bond donors (Lipinski definition) is 1. The molecule has 0 spiro atoms. The minimum absolute atomic E-state index is 0.248. The number of alkyl halides is 1. The topological polar surface area (TPSA) is 52.9 Å². The van der Waals surface area contributed by atoms with Gasteiger partial charge in [0.15, 0.2) is 0 Å². The molecule has 0 unspecified atom stereocenters. The molecule has 1 amide bonds. The van der Waals surface area contributed by atoms with Crippen LogP contribution in [0.4, 0.5) is 5.00 Å². The lowest BCUT2D eigenvalue weighted by molar-refractivity contribution is -0.115. The van der Waals surface area contributed by atoms with Crippen LogP contribution in [-0.4, -0.2) is 11.3 Å². The van der Waals surface area contributed by atoms with E-state index in [-0.39, 0.29) is 5.91 Å². The van der Waals surface area contributed by atoms with Crippen molar-refractivity contribution in [1.29, 1.82) is 5.26 Å². The Bertz CT molecular complexity index is 613. The molecule has 0 saturated carbocycles. The van der Waals surface area contributed by atoms with Gasteiger partial charge in [0.2, 0.25) is 5.91 Å². The highest BCUT2D eigenvalue weighted by molar-refractivity contribution is 7.16. The largest absolute Gasteiger partial charge is 0.315 e. The molecular weight excluding hydrogens is 316 g/mol. The molecule has 0 bridgehead atoms. The van der Waals surface area contributed by atoms with Gasteiger partial charge in [0.05, 0.1) is 5.56 Å². The number of fused-ring (bicyclic) bond motifs is 1. The van der Waals surface area contributed by atoms with Crippen molar-refractivity contribution in [2.45, 2.75) is 58.8 Å². The van der Waals surface area contributed by atoms with Crippen LogP contribution in [-0.2, 0) is 17.6 Å². The Morgan fingerprint density at radius 2 is 2.27 bits per heavy atom. The van der Waals surface area contributed by atoms with Crippen molar-refractivity contribution in [1.82, 2.24) is 0 Å². The molecule has 1 aromatic rings. The van der Waals surface area contributed by atoms with E-state index < -0.39 is 5.38 Å². The number of carbonyl (C=O) groups excluding carboxylic acids is 1. The highest BCUT2D eigenvalue weighted by atomic mass is 35.5. The van der Waals surface area contributed by atoms with Crippen LogP contribution in [0.25, 0.3) is 0 Å². The predicted octanol–water partition coefficient (Wildman–Crippen LogP) is 4.73. The number of hydrogen-bond acceptors (Lipinski definition) is 3. The monoisotopic (exact) mass is 338 g/mol. The van der Waals surface area contributed by atoms with E-state index in [4.69, 9.17) is 11.6 Å². The first-order valence-electron chi connectivity index (χ1n) is 7.79. The molecule has 1 heterocycles. The number of nitriles is 1. The second kappa shape index (κ2) is 6.60. The van der Waals surface area contributed by atoms with Gasteiger partial charge < -0.3 is 5.32 Å². The summed E-state index contributed by atoms with van der Waals surface area (Å²) >= 11 is 7.36. The number of thiophene rings is 1. The lowest BCUT2D eigenvalue weighted by Crippen LogP contribution is -2.28. The van der Waals surface area contributed by atoms with Crippen LogP contribution in [0.15, 0.2) is 0 Å². The van der Waals surface area contributed by atoms with Crippen molar-refractivity contribution in [3.05, 3.63) is 16.0 Å². The lowest BCUT2D eigenvalue weighted by Gasteiger charge is -2.36. The Morgan fingerprint density at radius 3 is 2.82 bits per heavy atom. The summed E-state index contributed by atoms with van der Waals surface area (Å²) in [5.41, 5.74) is 2.08. The molecule has 1 aliphatic rings. The maximum atomic E-state index is 11.8. The van der Waals surface area contributed by atoms with Crippen molar-refractivity contribution in [2.75, 3.05) is 5.32 Å². The lowest BCUT2D eigenvalue weighted by atomic mass is 9.69. The van der Waals surface area contributed by atoms with Crippen LogP contribution in [0.1, 0.15) is 56.5 Å². The summed E-state index contributed by atoms with van der Waals surface area (Å²) in [5, 5.41) is 12.3. The van der Waals surface area contributed by atoms with Crippen LogP contribution in [0.3, 0.4) is 0 Å². The highest BCUT2D eigenvalue weighted by Gasteiger charge is 2.34. The maximum Gasteiger partial charge on any atom is 0.242 e. The van der Waals surface area contributed by atoms with Gasteiger partial charge in [0.1, 0.15) is 16.4 Å². The van der Waals surface area contributed by atoms with Crippen molar-refractivity contribution in [2.24, 2.45) is 11.3 Å². The second-order valence-corrected chi connectivity index (χ2v) is 8.47. The van der Waals surface area contributed by atoms with E-state index >= 15 is 0 Å². The Kier molecular flexibility index (Phi) is 5.19. The first-order chi connectivity index (χ1) is 10.3. The number of rotatable bonds is 4. The quantitative estimate of drug-likeness (QED) is 0.807. The molecule has 0 aromatic carbocycles. The summed E-state index contributed by atoms with van der Waals surface area (Å²) in [4.78, 5) is 13.1. The number of amides is 1. The summed E-state index contributed by atoms with van der Waals surface area (Å²) < 4.78 is 0. The van der Waals surface area contributed by atoms with Crippen LogP contribution in [0, 0.1) is 22.7 Å². The van der Waals surface area contributed by atoms with Crippen LogP contribution < -0.4 is 5.32 Å². The molecule has 0 fully saturated rings. The van der Waals surface area contributed by atoms with E-state index in [1.54, 1.807) is 18.3 Å². The van der Waals surface area contributed by atoms with Crippen LogP contribution in [0.2, 0.25) is 0 Å². The summed E-state index contributed by atoms with van der Waals surface area (Å²) in [6, 6.07) is 2.27. The van der Waals surface area contributed by atoms with Crippen molar-refractivity contribution >= 4 is 33.8 Å². The Hall–Kier alpha value is -1.05. The maximum absolute atomic E-state index is 11.8. The smallest absolute Gasteiger partial charge is 0.242 e. The number of carbonyl (C=O) groups is 1. The number of nitrogens with one attached hydrogen (secondary N) is 1. The number of halogens is 1. The van der Waals surface area contributed by atoms with E-state index in [1.807, 2.05) is 0 Å². The first kappa shape index (κ1) is 17.3. The first-order valence-corrected chi connectivity index (χ1v) is 9.05. The van der Waals surface area contributed by atoms with Gasteiger partial charge in [-0.25, -0.2) is 0 Å². The molecule has 120 valence electrons. The predicted molar refractivity (Wildman–Crippen MR) is 92.6 cm³/mol. The molecule has 0 aliphatic heterocycles. The van der Waals surface area contributed by atoms with Crippen molar-refractivity contribution < 1.29 is 4.79 Å². The second-order valence-electron chi connectivity index (χ2n) is 6.71. The van der Waals surface area contributed by atoms with Gasteiger partial charge in [-0.1, -0.05) is 27.2 Å². The summed E-state index contributed by atoms with van der Waals surface area (Å²) in [6.07, 6.45) is 4.19. The molecule has 5 heteroatoms. The van der Waals surface area contributed by atoms with E-state index in [1.165, 1.54) is 4.88 Å². The standard InChI is InChI=1S/C17H23ClN2OS/c1-5-17(3,4)11-6-7-12-13(9-19)16(22-14(12)8-11)20-15(21)10(2)18/h10-11H,5-8H2,1-4H3,(H,20,21)/t10-,11+/m1/s1. The Balaban J connectivity index is 2.29. The molecule has 2 atom stereocenters. The molecule has 1 N–H and O–H groups in total. The van der Waals surface area contributed by atoms with Gasteiger partial charge in [0, 0.05) is 4.88 Å². The average Bonchev–Trinajstić information content (AvgIpc) is 2.82. The zero-order valence-corrected chi connectivity index (χ0v) is 15.2. The Morgan fingerprint density at radius 1 is 1.59 bits per heavy atom. The van der Waals surface area contributed by atoms with E-state index in [2.05, 4.69) is 32.2 Å². The minimum Gasteiger partial charge on any atom is -0.315 e. The molecule has 1 aliphatic carbocycles. The molecule has 0 saturated heterocycles. The molecular formula is C17H23ClN2OS. The fourth-order valence-electron chi connectivity index (χ4n) is 2.96. The fourth-order valence-corrected chi connectivity index (χ4v) is 4.29. The molecule has 22 heavy (non-hydrogen) atoms. The molecule has 1 aromatic heterocycles. The van der Waals surface area contributed by atoms with Crippen molar-refractivity contribution in [3.8, 4) is 6.07 Å². The van der Waals surface area contributed by atoms with E-state index in [9.17, 15) is 10.1 Å². The summed E-state index contributed by atoms with van der Waals surface area (Å²) in [5.74, 6) is 0.382. The van der Waals surface area contributed by atoms with Gasteiger partial charge in [-0.15, -0.1) is 22.9 Å². The average molecular weight is 339 g/mol. The van der Waals surface area contributed by atoms with E-state index in [0.29, 0.717) is 21.9 Å². The Labute approximate surface area is 141 Å². The van der Waals surface area contributed by atoms with Gasteiger partial charge in [-0.05, 0) is 43.1 Å². The zero-order valence-electron chi connectivity index (χ0n) is 13.6. The van der Waals surface area contributed by atoms with Crippen LogP contribution in [0.5, 0.6) is 0 Å². The number of anilines is 1. The van der Waals surface area contributed by atoms with E-state index in [0.717, 1.165) is 31.2 Å². The molecule has 0 radical (unpaired) electrons. The molecule has 2 rings (SSSR count). The summed E-state index contributed by atoms with van der Waals surface area (Å²) in [6.45, 7) is 8.51. The van der Waals surface area contributed by atoms with Gasteiger partial charge in [0.25, 0.3) is 0 Å². The zero-order chi connectivity index (χ0) is 16.5. The summed E-state index contributed by atoms with van der Waals surface area (Å²) in [7, 11) is 0. The van der Waals surface area contributed by atoms with Gasteiger partial charge >= 0.3 is 0 Å². The molecule has 3 nitrogen and oxygen atoms in total. The SMILES string of the molecule is CCC(C)(C)[C@H]1CCc2c(sc(NC(=O)[C@@H](C)Cl)c2C#N)C1.